The summed E-state index contributed by atoms with van der Waals surface area (Å²) in [5, 5.41) is 0. The molecule has 14 heteroatoms. The van der Waals surface area contributed by atoms with Gasteiger partial charge in [-0.15, -0.1) is 0 Å². The van der Waals surface area contributed by atoms with Gasteiger partial charge in [0, 0.05) is 57.6 Å². The molecule has 43 heavy (non-hydrogen) atoms. The summed E-state index contributed by atoms with van der Waals surface area (Å²) in [7, 11) is -6.15. The molecule has 0 aliphatic carbocycles. The van der Waals surface area contributed by atoms with Crippen LogP contribution >= 0.6 is 0 Å². The van der Waals surface area contributed by atoms with Gasteiger partial charge in [0.05, 0.1) is 12.3 Å². The summed E-state index contributed by atoms with van der Waals surface area (Å²) in [6.45, 7) is 0.780. The maximum Gasteiger partial charge on any atom is 0.249 e. The van der Waals surface area contributed by atoms with Crippen LogP contribution in [0, 0.1) is 5.82 Å². The lowest BCUT2D eigenvalue weighted by Gasteiger charge is -2.41. The Bertz CT molecular complexity index is 1580. The number of hydrogen-bond acceptors (Lipinski definition) is 9. The minimum atomic E-state index is -4.46. The highest BCUT2D eigenvalue weighted by atomic mass is 32.3. The second-order valence-electron chi connectivity index (χ2n) is 10.6. The average molecular weight is 639 g/mol. The Balaban J connectivity index is 2.40. The monoisotopic (exact) mass is 638 g/mol. The molecule has 0 aliphatic heterocycles. The number of carbonyl (C=O) groups excluding carboxylic acids is 1. The van der Waals surface area contributed by atoms with Crippen LogP contribution in [0.25, 0.3) is 11.3 Å². The predicted octanol–water partition coefficient (Wildman–Crippen LogP) is 2.42. The van der Waals surface area contributed by atoms with E-state index in [0.29, 0.717) is 5.56 Å². The molecule has 1 amide bonds. The molecule has 0 bridgehead atoms. The minimum absolute atomic E-state index is 0.0220. The summed E-state index contributed by atoms with van der Waals surface area (Å²) < 4.78 is 77.7. The van der Waals surface area contributed by atoms with Gasteiger partial charge in [-0.25, -0.2) is 26.2 Å². The Labute approximate surface area is 252 Å². The number of sulfone groups is 2. The molecule has 2 aromatic carbocycles. The first-order valence-corrected chi connectivity index (χ1v) is 17.2. The maximum atomic E-state index is 14.2. The Morgan fingerprint density at radius 1 is 1.05 bits per heavy atom. The Morgan fingerprint density at radius 2 is 1.70 bits per heavy atom. The van der Waals surface area contributed by atoms with Crippen LogP contribution < -0.4 is 5.73 Å². The number of benzene rings is 2. The zero-order chi connectivity index (χ0) is 32.0. The van der Waals surface area contributed by atoms with Gasteiger partial charge in [-0.3, -0.25) is 4.79 Å². The van der Waals surface area contributed by atoms with E-state index in [0.717, 1.165) is 29.9 Å². The van der Waals surface area contributed by atoms with E-state index in [2.05, 4.69) is 0 Å². The second kappa shape index (κ2) is 14.1. The third-order valence-corrected chi connectivity index (χ3v) is 12.6. The van der Waals surface area contributed by atoms with Crippen molar-refractivity contribution in [1.29, 1.82) is 0 Å². The van der Waals surface area contributed by atoms with Crippen molar-refractivity contribution in [2.24, 2.45) is 5.73 Å². The third kappa shape index (κ3) is 7.87. The van der Waals surface area contributed by atoms with E-state index in [1.54, 1.807) is 16.8 Å². The number of amides is 1. The van der Waals surface area contributed by atoms with E-state index >= 15 is 0 Å². The third-order valence-electron chi connectivity index (χ3n) is 7.36. The molecule has 0 saturated heterocycles. The highest BCUT2D eigenvalue weighted by Crippen LogP contribution is 2.42. The molecule has 3 rings (SSSR count). The summed E-state index contributed by atoms with van der Waals surface area (Å²) in [5.41, 5.74) is 7.60. The summed E-state index contributed by atoms with van der Waals surface area (Å²) in [5.74, 6) is -1.21. The van der Waals surface area contributed by atoms with Crippen LogP contribution in [-0.4, -0.2) is 93.8 Å². The summed E-state index contributed by atoms with van der Waals surface area (Å²) in [6, 6.07) is 12.6. The van der Waals surface area contributed by atoms with Gasteiger partial charge in [0.2, 0.25) is 5.91 Å². The number of nitrogens with zero attached hydrogens (tertiary/aromatic N) is 3. The minimum Gasteiger partial charge on any atom is -0.383 e. The van der Waals surface area contributed by atoms with Gasteiger partial charge in [-0.1, -0.05) is 42.5 Å². The molecule has 1 heterocycles. The van der Waals surface area contributed by atoms with E-state index < -0.39 is 54.2 Å². The van der Waals surface area contributed by atoms with Crippen LogP contribution in [0.3, 0.4) is 0 Å². The predicted molar refractivity (Wildman–Crippen MR) is 162 cm³/mol. The highest BCUT2D eigenvalue weighted by molar-refractivity contribution is 8.09. The van der Waals surface area contributed by atoms with E-state index in [9.17, 15) is 26.0 Å². The number of methoxy groups -OCH3 is 2. The Kier molecular flexibility index (Phi) is 11.2. The van der Waals surface area contributed by atoms with Crippen LogP contribution in [0.1, 0.15) is 30.8 Å². The van der Waals surface area contributed by atoms with Gasteiger partial charge in [0.25, 0.3) is 0 Å². The van der Waals surface area contributed by atoms with Gasteiger partial charge in [0.1, 0.15) is 24.3 Å². The largest absolute Gasteiger partial charge is 0.383 e. The standard InChI is InChI=1S/C29H39FN4O7S2/c1-29(42(4,36)37,43(5,38)39)27(34(26(35)20-41-3)15-14-24(31)19-40-2)28-32-25(22-12-9-13-23(30)16-22)18-33(28)17-21-10-7-6-8-11-21/h6-13,16,18,24,27H,14-15,17,19-20,31H2,1-5H3/t24?,27-/m1/s1. The number of imidazole rings is 1. The molecule has 11 nitrogen and oxygen atoms in total. The van der Waals surface area contributed by atoms with E-state index in [1.165, 1.54) is 32.4 Å². The average Bonchev–Trinajstić information content (AvgIpc) is 3.33. The van der Waals surface area contributed by atoms with Crippen LogP contribution in [0.4, 0.5) is 4.39 Å². The van der Waals surface area contributed by atoms with Crippen molar-refractivity contribution >= 4 is 25.6 Å². The number of hydrogen-bond donors (Lipinski definition) is 1. The molecule has 0 aliphatic rings. The fourth-order valence-electron chi connectivity index (χ4n) is 4.89. The normalized spacial score (nSPS) is 13.9. The van der Waals surface area contributed by atoms with Crippen LogP contribution in [-0.2, 0) is 40.5 Å². The highest BCUT2D eigenvalue weighted by Gasteiger charge is 2.57. The van der Waals surface area contributed by atoms with Crippen molar-refractivity contribution in [2.45, 2.75) is 36.1 Å². The van der Waals surface area contributed by atoms with Crippen molar-refractivity contribution in [3.8, 4) is 11.3 Å². The number of halogens is 1. The lowest BCUT2D eigenvalue weighted by molar-refractivity contribution is -0.138. The van der Waals surface area contributed by atoms with Gasteiger partial charge >= 0.3 is 0 Å². The van der Waals surface area contributed by atoms with E-state index in [1.807, 2.05) is 30.3 Å². The van der Waals surface area contributed by atoms with E-state index in [4.69, 9.17) is 20.2 Å². The van der Waals surface area contributed by atoms with Crippen molar-refractivity contribution in [3.05, 3.63) is 78.0 Å². The van der Waals surface area contributed by atoms with Crippen LogP contribution in [0.2, 0.25) is 0 Å². The van der Waals surface area contributed by atoms with Gasteiger partial charge in [-0.05, 0) is 31.0 Å². The Morgan fingerprint density at radius 3 is 2.26 bits per heavy atom. The fourth-order valence-corrected chi connectivity index (χ4v) is 8.36. The SMILES string of the molecule is COCC(=O)N(CCC(N)COC)[C@H](c1nc(-c2cccc(F)c2)cn1Cc1ccccc1)C(C)(S(C)(=O)=O)S(C)(=O)=O. The van der Waals surface area contributed by atoms with Crippen molar-refractivity contribution < 1.29 is 35.5 Å². The first kappa shape index (κ1) is 34.3. The molecule has 2 atom stereocenters. The summed E-state index contributed by atoms with van der Waals surface area (Å²) in [4.78, 5) is 19.5. The van der Waals surface area contributed by atoms with Crippen LogP contribution in [0.15, 0.2) is 60.8 Å². The molecule has 0 radical (unpaired) electrons. The zero-order valence-corrected chi connectivity index (χ0v) is 26.6. The molecule has 0 saturated carbocycles. The van der Waals surface area contributed by atoms with Gasteiger partial charge < -0.3 is 24.7 Å². The maximum absolute atomic E-state index is 14.2. The first-order chi connectivity index (χ1) is 20.1. The number of rotatable bonds is 15. The quantitative estimate of drug-likeness (QED) is 0.265. The van der Waals surface area contributed by atoms with Crippen molar-refractivity contribution in [1.82, 2.24) is 14.5 Å². The molecule has 1 aromatic heterocycles. The molecular weight excluding hydrogens is 599 g/mol. The molecule has 2 N–H and O–H groups in total. The number of aromatic nitrogens is 2. The summed E-state index contributed by atoms with van der Waals surface area (Å²) in [6.07, 6.45) is 3.37. The number of nitrogens with two attached hydrogens (primary N) is 1. The fraction of sp³-hybridized carbons (Fsp3) is 0.448. The topological polar surface area (TPSA) is 151 Å². The molecule has 3 aromatic rings. The summed E-state index contributed by atoms with van der Waals surface area (Å²) >= 11 is 0. The molecule has 0 fully saturated rings. The number of ether oxygens (including phenoxy) is 2. The van der Waals surface area contributed by atoms with Gasteiger partial charge in [-0.2, -0.15) is 0 Å². The second-order valence-corrected chi connectivity index (χ2v) is 15.6. The first-order valence-electron chi connectivity index (χ1n) is 13.4. The lowest BCUT2D eigenvalue weighted by atomic mass is 10.1. The van der Waals surface area contributed by atoms with Crippen molar-refractivity contribution in [3.63, 3.8) is 0 Å². The zero-order valence-electron chi connectivity index (χ0n) is 24.9. The molecule has 1 unspecified atom stereocenters. The smallest absolute Gasteiger partial charge is 0.249 e. The van der Waals surface area contributed by atoms with Crippen molar-refractivity contribution in [2.75, 3.05) is 46.5 Å². The molecule has 0 spiro atoms. The Hall–Kier alpha value is -3.17. The van der Waals surface area contributed by atoms with E-state index in [-0.39, 0.29) is 37.6 Å². The number of carbonyl (C=O) groups is 1. The molecule has 236 valence electrons. The van der Waals surface area contributed by atoms with Crippen LogP contribution in [0.5, 0.6) is 0 Å². The van der Waals surface area contributed by atoms with Gasteiger partial charge in [0.15, 0.2) is 23.8 Å². The lowest BCUT2D eigenvalue weighted by Crippen LogP contribution is -2.57. The molecular formula is C29H39FN4O7S2.